The Balaban J connectivity index is 1.53. The number of benzene rings is 1. The fraction of sp³-hybridized carbons (Fsp3) is 0.200. The molecule has 1 aromatic carbocycles. The number of aromatic amines is 1. The molecule has 0 radical (unpaired) electrons. The van der Waals surface area contributed by atoms with E-state index in [1.165, 1.54) is 24.0 Å². The lowest BCUT2D eigenvalue weighted by Crippen LogP contribution is -2.36. The predicted octanol–water partition coefficient (Wildman–Crippen LogP) is 1.48. The minimum absolute atomic E-state index is 0.0993. The largest absolute Gasteiger partial charge is 0.326 e. The topological polar surface area (TPSA) is 92.7 Å². The van der Waals surface area contributed by atoms with Gasteiger partial charge in [-0.1, -0.05) is 11.8 Å². The molecular formula is C15H13N5O2S. The van der Waals surface area contributed by atoms with Gasteiger partial charge >= 0.3 is 0 Å². The molecule has 1 amide bonds. The van der Waals surface area contributed by atoms with E-state index in [4.69, 9.17) is 0 Å². The fourth-order valence-electron chi connectivity index (χ4n) is 2.57. The normalized spacial score (nSPS) is 17.0. The Morgan fingerprint density at radius 3 is 3.22 bits per heavy atom. The number of thioether (sulfide) groups is 1. The van der Waals surface area contributed by atoms with Crippen LogP contribution in [-0.4, -0.2) is 31.4 Å². The molecule has 0 spiro atoms. The van der Waals surface area contributed by atoms with Crippen LogP contribution in [0.1, 0.15) is 0 Å². The van der Waals surface area contributed by atoms with Gasteiger partial charge in [-0.05, 0) is 18.2 Å². The van der Waals surface area contributed by atoms with E-state index in [0.717, 1.165) is 10.9 Å². The monoisotopic (exact) mass is 327 g/mol. The molecule has 23 heavy (non-hydrogen) atoms. The molecule has 3 aromatic rings. The van der Waals surface area contributed by atoms with Crippen molar-refractivity contribution in [2.45, 2.75) is 11.7 Å². The number of hydrogen-bond acceptors (Lipinski definition) is 5. The Hall–Kier alpha value is -2.61. The van der Waals surface area contributed by atoms with Crippen LogP contribution in [0.2, 0.25) is 0 Å². The van der Waals surface area contributed by atoms with Crippen molar-refractivity contribution in [1.29, 1.82) is 0 Å². The van der Waals surface area contributed by atoms with Gasteiger partial charge in [-0.2, -0.15) is 5.10 Å². The highest BCUT2D eigenvalue weighted by molar-refractivity contribution is 7.99. The highest BCUT2D eigenvalue weighted by Gasteiger charge is 2.26. The van der Waals surface area contributed by atoms with Crippen LogP contribution >= 0.6 is 11.8 Å². The average molecular weight is 327 g/mol. The zero-order valence-electron chi connectivity index (χ0n) is 12.0. The number of hydrogen-bond donors (Lipinski definition) is 2. The fourth-order valence-corrected chi connectivity index (χ4v) is 3.63. The maximum Gasteiger partial charge on any atom is 0.254 e. The zero-order chi connectivity index (χ0) is 15.8. The summed E-state index contributed by atoms with van der Waals surface area (Å²) in [4.78, 5) is 28.5. The van der Waals surface area contributed by atoms with Gasteiger partial charge in [0.05, 0.1) is 17.6 Å². The van der Waals surface area contributed by atoms with Gasteiger partial charge in [0.2, 0.25) is 5.91 Å². The molecule has 0 bridgehead atoms. The molecular weight excluding hydrogens is 314 g/mol. The summed E-state index contributed by atoms with van der Waals surface area (Å²) in [6.45, 7) is 0.354. The third kappa shape index (κ3) is 2.61. The van der Waals surface area contributed by atoms with Crippen LogP contribution in [-0.2, 0) is 11.3 Å². The molecule has 1 unspecified atom stereocenters. The van der Waals surface area contributed by atoms with Gasteiger partial charge in [-0.25, -0.2) is 4.98 Å². The lowest BCUT2D eigenvalue weighted by Gasteiger charge is -2.23. The van der Waals surface area contributed by atoms with Crippen molar-refractivity contribution in [3.63, 3.8) is 0 Å². The SMILES string of the molecule is O=C(Nc1ccc2cn[nH]c2c1)C1CSc2nccc(=O)n2C1. The average Bonchev–Trinajstić information content (AvgIpc) is 3.02. The number of anilines is 1. The van der Waals surface area contributed by atoms with Crippen molar-refractivity contribution >= 4 is 34.3 Å². The molecule has 2 aromatic heterocycles. The number of H-pyrrole nitrogens is 1. The summed E-state index contributed by atoms with van der Waals surface area (Å²) in [6, 6.07) is 7.00. The van der Waals surface area contributed by atoms with Gasteiger partial charge in [0.1, 0.15) is 0 Å². The molecule has 7 nitrogen and oxygen atoms in total. The van der Waals surface area contributed by atoms with Crippen LogP contribution in [0.25, 0.3) is 10.9 Å². The number of nitrogens with zero attached hydrogens (tertiary/aromatic N) is 3. The van der Waals surface area contributed by atoms with E-state index in [2.05, 4.69) is 20.5 Å². The molecule has 2 N–H and O–H groups in total. The van der Waals surface area contributed by atoms with Crippen molar-refractivity contribution in [1.82, 2.24) is 19.7 Å². The Morgan fingerprint density at radius 2 is 2.30 bits per heavy atom. The maximum absolute atomic E-state index is 12.5. The highest BCUT2D eigenvalue weighted by Crippen LogP contribution is 2.25. The molecule has 116 valence electrons. The van der Waals surface area contributed by atoms with Crippen LogP contribution in [0, 0.1) is 5.92 Å². The second-order valence-corrected chi connectivity index (χ2v) is 6.33. The van der Waals surface area contributed by atoms with Gasteiger partial charge in [0.25, 0.3) is 5.56 Å². The lowest BCUT2D eigenvalue weighted by molar-refractivity contribution is -0.119. The Labute approximate surface area is 135 Å². The first-order valence-electron chi connectivity index (χ1n) is 7.13. The maximum atomic E-state index is 12.5. The number of carbonyl (C=O) groups excluding carboxylic acids is 1. The summed E-state index contributed by atoms with van der Waals surface area (Å²) >= 11 is 1.43. The van der Waals surface area contributed by atoms with Gasteiger partial charge in [0, 0.05) is 35.6 Å². The van der Waals surface area contributed by atoms with Gasteiger partial charge in [0.15, 0.2) is 5.16 Å². The molecule has 8 heteroatoms. The van der Waals surface area contributed by atoms with Crippen LogP contribution in [0.15, 0.2) is 46.6 Å². The predicted molar refractivity (Wildman–Crippen MR) is 87.4 cm³/mol. The lowest BCUT2D eigenvalue weighted by atomic mass is 10.1. The first-order valence-corrected chi connectivity index (χ1v) is 8.12. The first-order chi connectivity index (χ1) is 11.2. The van der Waals surface area contributed by atoms with Crippen LogP contribution in [0.4, 0.5) is 5.69 Å². The molecule has 4 rings (SSSR count). The summed E-state index contributed by atoms with van der Waals surface area (Å²) < 4.78 is 1.55. The van der Waals surface area contributed by atoms with Crippen molar-refractivity contribution < 1.29 is 4.79 Å². The molecule has 0 saturated carbocycles. The number of carbonyl (C=O) groups is 1. The summed E-state index contributed by atoms with van der Waals surface area (Å²) in [7, 11) is 0. The number of rotatable bonds is 2. The van der Waals surface area contributed by atoms with E-state index in [0.29, 0.717) is 23.1 Å². The third-order valence-corrected chi connectivity index (χ3v) is 4.95. The second-order valence-electron chi connectivity index (χ2n) is 5.35. The Bertz CT molecular complexity index is 948. The number of fused-ring (bicyclic) bond motifs is 2. The summed E-state index contributed by atoms with van der Waals surface area (Å²) in [5.74, 6) is 0.235. The van der Waals surface area contributed by atoms with E-state index < -0.39 is 0 Å². The van der Waals surface area contributed by atoms with E-state index >= 15 is 0 Å². The van der Waals surface area contributed by atoms with E-state index in [1.807, 2.05) is 18.2 Å². The molecule has 1 atom stereocenters. The van der Waals surface area contributed by atoms with Crippen LogP contribution in [0.3, 0.4) is 0 Å². The van der Waals surface area contributed by atoms with E-state index in [-0.39, 0.29) is 17.4 Å². The summed E-state index contributed by atoms with van der Waals surface area (Å²) in [5.41, 5.74) is 1.45. The van der Waals surface area contributed by atoms with Crippen LogP contribution < -0.4 is 10.9 Å². The van der Waals surface area contributed by atoms with E-state index in [9.17, 15) is 9.59 Å². The molecule has 1 aliphatic heterocycles. The molecule has 1 aliphatic rings. The number of amides is 1. The van der Waals surface area contributed by atoms with E-state index in [1.54, 1.807) is 10.8 Å². The van der Waals surface area contributed by atoms with Crippen molar-refractivity contribution in [3.8, 4) is 0 Å². The zero-order valence-corrected chi connectivity index (χ0v) is 12.8. The molecule has 3 heterocycles. The van der Waals surface area contributed by atoms with Crippen molar-refractivity contribution in [3.05, 3.63) is 47.0 Å². The summed E-state index contributed by atoms with van der Waals surface area (Å²) in [5, 5.41) is 11.4. The quantitative estimate of drug-likeness (QED) is 0.696. The van der Waals surface area contributed by atoms with Gasteiger partial charge in [-0.3, -0.25) is 19.3 Å². The molecule has 0 saturated heterocycles. The Morgan fingerprint density at radius 1 is 1.39 bits per heavy atom. The van der Waals surface area contributed by atoms with Crippen molar-refractivity contribution in [2.75, 3.05) is 11.1 Å². The van der Waals surface area contributed by atoms with Crippen LogP contribution in [0.5, 0.6) is 0 Å². The standard InChI is InChI=1S/C15H13N5O2S/c21-13-3-4-16-15-20(13)7-10(8-23-15)14(22)18-11-2-1-9-6-17-19-12(9)5-11/h1-6,10H,7-8H2,(H,17,19)(H,18,22). The number of nitrogens with one attached hydrogen (secondary N) is 2. The highest BCUT2D eigenvalue weighted by atomic mass is 32.2. The molecule has 0 fully saturated rings. The van der Waals surface area contributed by atoms with Gasteiger partial charge in [-0.15, -0.1) is 0 Å². The summed E-state index contributed by atoms with van der Waals surface area (Å²) in [6.07, 6.45) is 3.23. The minimum atomic E-state index is -0.271. The minimum Gasteiger partial charge on any atom is -0.326 e. The first kappa shape index (κ1) is 14.0. The molecule has 0 aliphatic carbocycles. The second kappa shape index (κ2) is 5.54. The Kier molecular flexibility index (Phi) is 3.38. The number of aromatic nitrogens is 4. The van der Waals surface area contributed by atoms with Crippen molar-refractivity contribution in [2.24, 2.45) is 5.92 Å². The third-order valence-electron chi connectivity index (χ3n) is 3.80. The van der Waals surface area contributed by atoms with Gasteiger partial charge < -0.3 is 5.32 Å². The smallest absolute Gasteiger partial charge is 0.254 e.